The van der Waals surface area contributed by atoms with E-state index in [9.17, 15) is 14.9 Å². The van der Waals surface area contributed by atoms with Gasteiger partial charge in [-0.05, 0) is 18.2 Å². The van der Waals surface area contributed by atoms with Crippen molar-refractivity contribution in [2.24, 2.45) is 5.10 Å². The molecule has 0 aliphatic heterocycles. The lowest BCUT2D eigenvalue weighted by molar-refractivity contribution is -0.385. The van der Waals surface area contributed by atoms with Gasteiger partial charge in [0, 0.05) is 11.6 Å². The molecule has 2 aromatic rings. The molecule has 0 saturated heterocycles. The Morgan fingerprint density at radius 1 is 1.23 bits per heavy atom. The molecule has 22 heavy (non-hydrogen) atoms. The summed E-state index contributed by atoms with van der Waals surface area (Å²) >= 11 is 0. The third-order valence-electron chi connectivity index (χ3n) is 2.85. The zero-order chi connectivity index (χ0) is 15.9. The van der Waals surface area contributed by atoms with E-state index in [2.05, 4.69) is 10.5 Å². The fraction of sp³-hybridized carbons (Fsp3) is 0.0667. The summed E-state index contributed by atoms with van der Waals surface area (Å²) < 4.78 is 5.14. The Balaban J connectivity index is 2.13. The largest absolute Gasteiger partial charge is 0.496 e. The molecule has 0 spiro atoms. The molecule has 0 radical (unpaired) electrons. The standard InChI is InChI=1S/C15H13N3O4/c1-22-14-9-5-2-6-11(14)10-16-17-15(19)12-7-3-4-8-13(12)18(20)21/h2-10H,1H3,(H,17,19)/b16-10+. The van der Waals surface area contributed by atoms with Crippen molar-refractivity contribution in [1.82, 2.24) is 5.43 Å². The summed E-state index contributed by atoms with van der Waals surface area (Å²) in [5, 5.41) is 14.7. The highest BCUT2D eigenvalue weighted by molar-refractivity contribution is 5.98. The van der Waals surface area contributed by atoms with Crippen molar-refractivity contribution in [3.8, 4) is 5.75 Å². The molecule has 0 saturated carbocycles. The van der Waals surface area contributed by atoms with Gasteiger partial charge in [0.1, 0.15) is 11.3 Å². The average Bonchev–Trinajstić information content (AvgIpc) is 2.55. The number of carbonyl (C=O) groups excluding carboxylic acids is 1. The highest BCUT2D eigenvalue weighted by Gasteiger charge is 2.18. The van der Waals surface area contributed by atoms with Crippen molar-refractivity contribution >= 4 is 17.8 Å². The van der Waals surface area contributed by atoms with Gasteiger partial charge in [-0.2, -0.15) is 5.10 Å². The van der Waals surface area contributed by atoms with Crippen LogP contribution in [0.5, 0.6) is 5.75 Å². The Morgan fingerprint density at radius 2 is 1.91 bits per heavy atom. The summed E-state index contributed by atoms with van der Waals surface area (Å²) in [5.74, 6) is -0.0513. The Labute approximate surface area is 126 Å². The van der Waals surface area contributed by atoms with Crippen LogP contribution in [0, 0.1) is 10.1 Å². The number of nitrogens with one attached hydrogen (secondary N) is 1. The smallest absolute Gasteiger partial charge is 0.282 e. The van der Waals surface area contributed by atoms with E-state index < -0.39 is 10.8 Å². The number of nitro benzene ring substituents is 1. The van der Waals surface area contributed by atoms with Gasteiger partial charge < -0.3 is 4.74 Å². The number of nitrogens with zero attached hydrogens (tertiary/aromatic N) is 2. The van der Waals surface area contributed by atoms with Gasteiger partial charge in [0.25, 0.3) is 11.6 Å². The highest BCUT2D eigenvalue weighted by atomic mass is 16.6. The lowest BCUT2D eigenvalue weighted by Gasteiger charge is -2.03. The Hall–Kier alpha value is -3.22. The lowest BCUT2D eigenvalue weighted by Crippen LogP contribution is -2.19. The molecular formula is C15H13N3O4. The number of benzene rings is 2. The van der Waals surface area contributed by atoms with E-state index in [0.29, 0.717) is 11.3 Å². The molecule has 0 aliphatic carbocycles. The van der Waals surface area contributed by atoms with Crippen LogP contribution in [0.15, 0.2) is 53.6 Å². The van der Waals surface area contributed by atoms with Gasteiger partial charge in [0.15, 0.2) is 0 Å². The van der Waals surface area contributed by atoms with Gasteiger partial charge in [-0.15, -0.1) is 0 Å². The SMILES string of the molecule is COc1ccccc1/C=N/NC(=O)c1ccccc1[N+](=O)[O-]. The Bertz CT molecular complexity index is 728. The number of para-hydroxylation sites is 2. The first-order valence-electron chi connectivity index (χ1n) is 6.33. The Kier molecular flexibility index (Phi) is 4.81. The second-order valence-electron chi connectivity index (χ2n) is 4.22. The molecular weight excluding hydrogens is 286 g/mol. The quantitative estimate of drug-likeness (QED) is 0.521. The summed E-state index contributed by atoms with van der Waals surface area (Å²) in [6.07, 6.45) is 1.41. The molecule has 2 aromatic carbocycles. The summed E-state index contributed by atoms with van der Waals surface area (Å²) in [6.45, 7) is 0. The molecule has 7 heteroatoms. The minimum absolute atomic E-state index is 0.0512. The van der Waals surface area contributed by atoms with E-state index in [-0.39, 0.29) is 11.3 Å². The second-order valence-corrected chi connectivity index (χ2v) is 4.22. The van der Waals surface area contributed by atoms with Crippen LogP contribution in [0.2, 0.25) is 0 Å². The van der Waals surface area contributed by atoms with E-state index in [1.165, 1.54) is 31.5 Å². The maximum absolute atomic E-state index is 12.0. The number of rotatable bonds is 5. The van der Waals surface area contributed by atoms with Gasteiger partial charge in [0.2, 0.25) is 0 Å². The normalized spacial score (nSPS) is 10.4. The van der Waals surface area contributed by atoms with Crippen LogP contribution in [-0.2, 0) is 0 Å². The summed E-state index contributed by atoms with van der Waals surface area (Å²) in [5.41, 5.74) is 2.62. The number of hydrazone groups is 1. The van der Waals surface area contributed by atoms with Crippen molar-refractivity contribution in [3.63, 3.8) is 0 Å². The van der Waals surface area contributed by atoms with Gasteiger partial charge in [-0.1, -0.05) is 24.3 Å². The minimum Gasteiger partial charge on any atom is -0.496 e. The van der Waals surface area contributed by atoms with Crippen molar-refractivity contribution in [2.75, 3.05) is 7.11 Å². The molecule has 112 valence electrons. The van der Waals surface area contributed by atoms with Crippen LogP contribution in [0.4, 0.5) is 5.69 Å². The van der Waals surface area contributed by atoms with Crippen molar-refractivity contribution in [2.45, 2.75) is 0 Å². The first-order chi connectivity index (χ1) is 10.6. The number of hydrogen-bond acceptors (Lipinski definition) is 5. The van der Waals surface area contributed by atoms with Gasteiger partial charge in [0.05, 0.1) is 18.2 Å². The number of ether oxygens (including phenoxy) is 1. The van der Waals surface area contributed by atoms with Gasteiger partial charge in [-0.3, -0.25) is 14.9 Å². The van der Waals surface area contributed by atoms with E-state index in [1.807, 2.05) is 6.07 Å². The second kappa shape index (κ2) is 6.98. The van der Waals surface area contributed by atoms with Crippen LogP contribution in [-0.4, -0.2) is 24.2 Å². The van der Waals surface area contributed by atoms with Crippen LogP contribution in [0.25, 0.3) is 0 Å². The maximum Gasteiger partial charge on any atom is 0.282 e. The molecule has 0 aliphatic rings. The van der Waals surface area contributed by atoms with Gasteiger partial charge in [-0.25, -0.2) is 5.43 Å². The van der Waals surface area contributed by atoms with Crippen LogP contribution >= 0.6 is 0 Å². The summed E-state index contributed by atoms with van der Waals surface area (Å²) in [6, 6.07) is 12.8. The fourth-order valence-corrected chi connectivity index (χ4v) is 1.82. The maximum atomic E-state index is 12.0. The fourth-order valence-electron chi connectivity index (χ4n) is 1.82. The highest BCUT2D eigenvalue weighted by Crippen LogP contribution is 2.17. The molecule has 0 bridgehead atoms. The monoisotopic (exact) mass is 299 g/mol. The van der Waals surface area contributed by atoms with E-state index in [1.54, 1.807) is 24.3 Å². The van der Waals surface area contributed by atoms with Crippen molar-refractivity contribution < 1.29 is 14.5 Å². The number of amides is 1. The van der Waals surface area contributed by atoms with E-state index in [4.69, 9.17) is 4.74 Å². The zero-order valence-corrected chi connectivity index (χ0v) is 11.7. The van der Waals surface area contributed by atoms with Crippen molar-refractivity contribution in [3.05, 3.63) is 69.8 Å². The first kappa shape index (κ1) is 15.2. The van der Waals surface area contributed by atoms with Crippen LogP contribution in [0.3, 0.4) is 0 Å². The number of nitro groups is 1. The number of hydrogen-bond donors (Lipinski definition) is 1. The minimum atomic E-state index is -0.654. The van der Waals surface area contributed by atoms with Crippen molar-refractivity contribution in [1.29, 1.82) is 0 Å². The number of methoxy groups -OCH3 is 1. The summed E-state index contributed by atoms with van der Waals surface area (Å²) in [4.78, 5) is 22.2. The Morgan fingerprint density at radius 3 is 2.64 bits per heavy atom. The molecule has 0 heterocycles. The third kappa shape index (κ3) is 3.45. The van der Waals surface area contributed by atoms with E-state index in [0.717, 1.165) is 0 Å². The molecule has 7 nitrogen and oxygen atoms in total. The predicted molar refractivity (Wildman–Crippen MR) is 81.2 cm³/mol. The lowest BCUT2D eigenvalue weighted by atomic mass is 10.2. The molecule has 0 atom stereocenters. The molecule has 0 fully saturated rings. The molecule has 1 N–H and O–H groups in total. The molecule has 0 unspecified atom stereocenters. The van der Waals surface area contributed by atoms with Crippen LogP contribution < -0.4 is 10.2 Å². The number of carbonyl (C=O) groups is 1. The summed E-state index contributed by atoms with van der Waals surface area (Å²) in [7, 11) is 1.53. The van der Waals surface area contributed by atoms with E-state index >= 15 is 0 Å². The van der Waals surface area contributed by atoms with Crippen LogP contribution in [0.1, 0.15) is 15.9 Å². The average molecular weight is 299 g/mol. The molecule has 2 rings (SSSR count). The molecule has 0 aromatic heterocycles. The van der Waals surface area contributed by atoms with Gasteiger partial charge >= 0.3 is 0 Å². The first-order valence-corrected chi connectivity index (χ1v) is 6.33. The zero-order valence-electron chi connectivity index (χ0n) is 11.7. The third-order valence-corrected chi connectivity index (χ3v) is 2.85. The topological polar surface area (TPSA) is 93.8 Å². The molecule has 1 amide bonds. The predicted octanol–water partition coefficient (Wildman–Crippen LogP) is 2.37.